The molecule has 1 rings (SSSR count). The van der Waals surface area contributed by atoms with Gasteiger partial charge in [0.15, 0.2) is 0 Å². The molecule has 1 aromatic rings. The van der Waals surface area contributed by atoms with Crippen molar-refractivity contribution in [2.24, 2.45) is 0 Å². The highest BCUT2D eigenvalue weighted by molar-refractivity contribution is 6.30. The van der Waals surface area contributed by atoms with Gasteiger partial charge in [-0.05, 0) is 24.6 Å². The molecule has 1 nitrogen and oxygen atoms in total. The van der Waals surface area contributed by atoms with Crippen LogP contribution in [0, 0.1) is 5.82 Å². The van der Waals surface area contributed by atoms with E-state index in [4.69, 9.17) is 11.6 Å². The molecule has 0 spiro atoms. The minimum atomic E-state index is -0.372. The lowest BCUT2D eigenvalue weighted by Crippen LogP contribution is -2.00. The molecular weight excluding hydrogens is 189 g/mol. The van der Waals surface area contributed by atoms with Crippen molar-refractivity contribution in [3.8, 4) is 0 Å². The summed E-state index contributed by atoms with van der Waals surface area (Å²) < 4.78 is 12.9. The fourth-order valence-corrected chi connectivity index (χ4v) is 1.13. The van der Waals surface area contributed by atoms with E-state index in [2.05, 4.69) is 12.2 Å². The summed E-state index contributed by atoms with van der Waals surface area (Å²) in [4.78, 5) is 0. The second kappa shape index (κ2) is 5.07. The van der Waals surface area contributed by atoms with Crippen molar-refractivity contribution in [3.05, 3.63) is 29.0 Å². The first-order valence-electron chi connectivity index (χ1n) is 4.43. The number of hydrogen-bond donors (Lipinski definition) is 1. The highest BCUT2D eigenvalue weighted by atomic mass is 35.5. The fraction of sp³-hybridized carbons (Fsp3) is 0.400. The molecule has 0 bridgehead atoms. The molecule has 72 valence electrons. The van der Waals surface area contributed by atoms with Crippen molar-refractivity contribution in [1.29, 1.82) is 0 Å². The second-order valence-corrected chi connectivity index (χ2v) is 3.32. The average Bonchev–Trinajstić information content (AvgIpc) is 2.12. The minimum absolute atomic E-state index is 0.168. The second-order valence-electron chi connectivity index (χ2n) is 2.91. The number of rotatable bonds is 4. The highest BCUT2D eigenvalue weighted by Crippen LogP contribution is 2.18. The molecule has 1 N–H and O–H groups in total. The van der Waals surface area contributed by atoms with E-state index in [1.807, 2.05) is 0 Å². The summed E-state index contributed by atoms with van der Waals surface area (Å²) in [5.41, 5.74) is 0.787. The third-order valence-corrected chi connectivity index (χ3v) is 2.09. The van der Waals surface area contributed by atoms with Crippen LogP contribution in [0.3, 0.4) is 0 Å². The molecule has 0 fully saturated rings. The Bertz CT molecular complexity index is 276. The van der Waals surface area contributed by atoms with E-state index in [0.29, 0.717) is 0 Å². The number of halogens is 2. The van der Waals surface area contributed by atoms with Gasteiger partial charge in [0, 0.05) is 12.2 Å². The molecule has 1 aromatic carbocycles. The Morgan fingerprint density at radius 1 is 1.46 bits per heavy atom. The molecule has 13 heavy (non-hydrogen) atoms. The summed E-state index contributed by atoms with van der Waals surface area (Å²) in [5.74, 6) is -0.372. The maximum atomic E-state index is 12.9. The van der Waals surface area contributed by atoms with Crippen LogP contribution in [0.15, 0.2) is 18.2 Å². The fourth-order valence-electron chi connectivity index (χ4n) is 1.02. The molecule has 0 unspecified atom stereocenters. The Morgan fingerprint density at radius 2 is 2.23 bits per heavy atom. The van der Waals surface area contributed by atoms with E-state index in [9.17, 15) is 4.39 Å². The first kappa shape index (κ1) is 10.3. The quantitative estimate of drug-likeness (QED) is 0.733. The van der Waals surface area contributed by atoms with Crippen LogP contribution >= 0.6 is 11.6 Å². The van der Waals surface area contributed by atoms with Crippen LogP contribution in [0.2, 0.25) is 5.02 Å². The van der Waals surface area contributed by atoms with Crippen LogP contribution in [0.5, 0.6) is 0 Å². The first-order chi connectivity index (χ1) is 6.24. The summed E-state index contributed by atoms with van der Waals surface area (Å²) in [5, 5.41) is 3.28. The highest BCUT2D eigenvalue weighted by Gasteiger charge is 1.99. The van der Waals surface area contributed by atoms with Crippen molar-refractivity contribution in [1.82, 2.24) is 0 Å². The van der Waals surface area contributed by atoms with Gasteiger partial charge >= 0.3 is 0 Å². The van der Waals surface area contributed by atoms with E-state index in [1.54, 1.807) is 12.1 Å². The van der Waals surface area contributed by atoms with Gasteiger partial charge in [0.2, 0.25) is 0 Å². The van der Waals surface area contributed by atoms with Crippen LogP contribution in [-0.2, 0) is 0 Å². The standard InChI is InChI=1S/C10H13ClFN/c1-2-3-6-13-8-4-5-9(11)10(12)7-8/h4-5,7,13H,2-3,6H2,1H3. The van der Waals surface area contributed by atoms with E-state index in [0.717, 1.165) is 25.1 Å². The van der Waals surface area contributed by atoms with E-state index < -0.39 is 0 Å². The predicted molar refractivity (Wildman–Crippen MR) is 54.8 cm³/mol. The number of hydrogen-bond acceptors (Lipinski definition) is 1. The molecule has 0 radical (unpaired) electrons. The van der Waals surface area contributed by atoms with Crippen molar-refractivity contribution < 1.29 is 4.39 Å². The Labute approximate surface area is 82.9 Å². The lowest BCUT2D eigenvalue weighted by atomic mass is 10.3. The largest absolute Gasteiger partial charge is 0.385 e. The molecule has 0 aliphatic carbocycles. The van der Waals surface area contributed by atoms with Gasteiger partial charge in [0.05, 0.1) is 5.02 Å². The monoisotopic (exact) mass is 201 g/mol. The normalized spacial score (nSPS) is 10.1. The van der Waals surface area contributed by atoms with Gasteiger partial charge in [-0.2, -0.15) is 0 Å². The number of benzene rings is 1. The molecule has 3 heteroatoms. The third kappa shape index (κ3) is 3.23. The van der Waals surface area contributed by atoms with Crippen LogP contribution in [0.4, 0.5) is 10.1 Å². The summed E-state index contributed by atoms with van der Waals surface area (Å²) in [7, 11) is 0. The van der Waals surface area contributed by atoms with Gasteiger partial charge in [-0.1, -0.05) is 24.9 Å². The van der Waals surface area contributed by atoms with E-state index in [-0.39, 0.29) is 10.8 Å². The summed E-state index contributed by atoms with van der Waals surface area (Å²) in [6, 6.07) is 4.75. The van der Waals surface area contributed by atoms with Crippen LogP contribution in [-0.4, -0.2) is 6.54 Å². The van der Waals surface area contributed by atoms with Crippen molar-refractivity contribution in [2.45, 2.75) is 19.8 Å². The van der Waals surface area contributed by atoms with Gasteiger partial charge in [-0.15, -0.1) is 0 Å². The number of anilines is 1. The van der Waals surface area contributed by atoms with E-state index in [1.165, 1.54) is 6.07 Å². The lowest BCUT2D eigenvalue weighted by molar-refractivity contribution is 0.628. The van der Waals surface area contributed by atoms with E-state index >= 15 is 0 Å². The van der Waals surface area contributed by atoms with Crippen molar-refractivity contribution >= 4 is 17.3 Å². The van der Waals surface area contributed by atoms with Gasteiger partial charge in [-0.3, -0.25) is 0 Å². The number of nitrogens with one attached hydrogen (secondary N) is 1. The maximum Gasteiger partial charge on any atom is 0.143 e. The predicted octanol–water partition coefficient (Wildman–Crippen LogP) is 3.69. The molecule has 0 aliphatic heterocycles. The van der Waals surface area contributed by atoms with Gasteiger partial charge < -0.3 is 5.32 Å². The Balaban J connectivity index is 2.53. The molecule has 0 atom stereocenters. The molecule has 0 amide bonds. The Hall–Kier alpha value is -0.760. The summed E-state index contributed by atoms with van der Waals surface area (Å²) in [6.07, 6.45) is 2.22. The molecular formula is C10H13ClFN. The molecule has 0 heterocycles. The maximum absolute atomic E-state index is 12.9. The average molecular weight is 202 g/mol. The van der Waals surface area contributed by atoms with Gasteiger partial charge in [0.1, 0.15) is 5.82 Å². The van der Waals surface area contributed by atoms with Crippen LogP contribution in [0.1, 0.15) is 19.8 Å². The SMILES string of the molecule is CCCCNc1ccc(Cl)c(F)c1. The van der Waals surface area contributed by atoms with Gasteiger partial charge in [-0.25, -0.2) is 4.39 Å². The summed E-state index contributed by atoms with van der Waals surface area (Å²) in [6.45, 7) is 2.99. The number of unbranched alkanes of at least 4 members (excludes halogenated alkanes) is 1. The van der Waals surface area contributed by atoms with Crippen molar-refractivity contribution in [2.75, 3.05) is 11.9 Å². The third-order valence-electron chi connectivity index (χ3n) is 1.78. The molecule has 0 aromatic heterocycles. The zero-order valence-electron chi connectivity index (χ0n) is 7.61. The first-order valence-corrected chi connectivity index (χ1v) is 4.80. The Morgan fingerprint density at radius 3 is 2.85 bits per heavy atom. The van der Waals surface area contributed by atoms with Crippen LogP contribution in [0.25, 0.3) is 0 Å². The zero-order chi connectivity index (χ0) is 9.68. The van der Waals surface area contributed by atoms with Crippen molar-refractivity contribution in [3.63, 3.8) is 0 Å². The molecule has 0 aliphatic rings. The minimum Gasteiger partial charge on any atom is -0.385 e. The van der Waals surface area contributed by atoms with Gasteiger partial charge in [0.25, 0.3) is 0 Å². The summed E-state index contributed by atoms with van der Waals surface area (Å²) >= 11 is 5.54. The topological polar surface area (TPSA) is 12.0 Å². The smallest absolute Gasteiger partial charge is 0.143 e. The molecule has 0 saturated heterocycles. The lowest BCUT2D eigenvalue weighted by Gasteiger charge is -2.05. The zero-order valence-corrected chi connectivity index (χ0v) is 8.37. The molecule has 0 saturated carbocycles. The Kier molecular flexibility index (Phi) is 4.03. The van der Waals surface area contributed by atoms with Crippen LogP contribution < -0.4 is 5.32 Å².